The van der Waals surface area contributed by atoms with Gasteiger partial charge >= 0.3 is 0 Å². The third kappa shape index (κ3) is 1.88. The quantitative estimate of drug-likeness (QED) is 0.521. The van der Waals surface area contributed by atoms with E-state index in [1.54, 1.807) is 7.11 Å². The summed E-state index contributed by atoms with van der Waals surface area (Å²) in [6.07, 6.45) is 2.58. The maximum atomic E-state index is 5.35. The van der Waals surface area contributed by atoms with E-state index < -0.39 is 0 Å². The third-order valence-corrected chi connectivity index (χ3v) is 2.97. The molecule has 0 saturated heterocycles. The molecule has 6 nitrogen and oxygen atoms in total. The van der Waals surface area contributed by atoms with E-state index in [2.05, 4.69) is 34.6 Å². The molecule has 4 N–H and O–H groups in total. The van der Waals surface area contributed by atoms with Gasteiger partial charge in [0, 0.05) is 6.04 Å². The van der Waals surface area contributed by atoms with Gasteiger partial charge in [-0.25, -0.2) is 15.8 Å². The molecular weight excluding hydrogens is 206 g/mol. The lowest BCUT2D eigenvalue weighted by molar-refractivity contribution is 0.414. The van der Waals surface area contributed by atoms with Crippen LogP contribution in [0.3, 0.4) is 0 Å². The summed E-state index contributed by atoms with van der Waals surface area (Å²) >= 11 is 0. The molecule has 88 valence electrons. The number of nitrogens with two attached hydrogens (primary N) is 1. The van der Waals surface area contributed by atoms with Crippen molar-refractivity contribution < 1.29 is 4.74 Å². The van der Waals surface area contributed by atoms with Crippen LogP contribution in [0.15, 0.2) is 6.33 Å². The number of methoxy groups -OCH3 is 1. The van der Waals surface area contributed by atoms with Crippen molar-refractivity contribution in [2.24, 2.45) is 11.3 Å². The normalized spacial score (nSPS) is 21.4. The summed E-state index contributed by atoms with van der Waals surface area (Å²) < 4.78 is 5.23. The second-order valence-corrected chi connectivity index (χ2v) is 4.64. The summed E-state index contributed by atoms with van der Waals surface area (Å²) in [5.74, 6) is 7.06. The molecule has 0 aliphatic heterocycles. The predicted molar refractivity (Wildman–Crippen MR) is 62.2 cm³/mol. The lowest BCUT2D eigenvalue weighted by atomic mass is 10.2. The minimum atomic E-state index is 0.326. The largest absolute Gasteiger partial charge is 0.490 e. The van der Waals surface area contributed by atoms with Crippen molar-refractivity contribution in [1.82, 2.24) is 9.97 Å². The van der Waals surface area contributed by atoms with E-state index >= 15 is 0 Å². The Hall–Kier alpha value is -1.56. The molecule has 2 rings (SSSR count). The van der Waals surface area contributed by atoms with Crippen molar-refractivity contribution in [2.45, 2.75) is 26.3 Å². The molecule has 0 radical (unpaired) electrons. The van der Waals surface area contributed by atoms with Crippen LogP contribution < -0.4 is 21.3 Å². The highest BCUT2D eigenvalue weighted by atomic mass is 16.5. The van der Waals surface area contributed by atoms with Gasteiger partial charge in [0.15, 0.2) is 11.6 Å². The highest BCUT2D eigenvalue weighted by molar-refractivity contribution is 5.63. The van der Waals surface area contributed by atoms with Crippen LogP contribution in [-0.2, 0) is 0 Å². The summed E-state index contributed by atoms with van der Waals surface area (Å²) in [5.41, 5.74) is 2.81. The van der Waals surface area contributed by atoms with Crippen LogP contribution in [-0.4, -0.2) is 23.1 Å². The average Bonchev–Trinajstić information content (AvgIpc) is 2.85. The van der Waals surface area contributed by atoms with Gasteiger partial charge in [-0.15, -0.1) is 0 Å². The Morgan fingerprint density at radius 3 is 2.56 bits per heavy atom. The highest BCUT2D eigenvalue weighted by Gasteiger charge is 2.46. The smallest absolute Gasteiger partial charge is 0.205 e. The van der Waals surface area contributed by atoms with Gasteiger partial charge in [-0.1, -0.05) is 13.8 Å². The maximum Gasteiger partial charge on any atom is 0.205 e. The number of hydrogen-bond acceptors (Lipinski definition) is 6. The van der Waals surface area contributed by atoms with E-state index in [1.807, 2.05) is 0 Å². The van der Waals surface area contributed by atoms with Gasteiger partial charge < -0.3 is 15.5 Å². The first-order valence-electron chi connectivity index (χ1n) is 5.20. The van der Waals surface area contributed by atoms with Crippen molar-refractivity contribution in [3.05, 3.63) is 6.33 Å². The van der Waals surface area contributed by atoms with Gasteiger partial charge in [0.25, 0.3) is 0 Å². The van der Waals surface area contributed by atoms with Gasteiger partial charge in [0.1, 0.15) is 6.33 Å². The highest BCUT2D eigenvalue weighted by Crippen LogP contribution is 2.47. The molecular formula is C10H17N5O. The molecule has 1 aliphatic rings. The van der Waals surface area contributed by atoms with Crippen molar-refractivity contribution in [1.29, 1.82) is 0 Å². The summed E-state index contributed by atoms with van der Waals surface area (Å²) in [4.78, 5) is 8.14. The van der Waals surface area contributed by atoms with E-state index in [4.69, 9.17) is 10.6 Å². The Balaban J connectivity index is 2.20. The van der Waals surface area contributed by atoms with Gasteiger partial charge in [-0.05, 0) is 11.8 Å². The Labute approximate surface area is 94.6 Å². The lowest BCUT2D eigenvalue weighted by Crippen LogP contribution is -2.14. The van der Waals surface area contributed by atoms with Gasteiger partial charge in [0.05, 0.1) is 7.11 Å². The fourth-order valence-electron chi connectivity index (χ4n) is 1.65. The zero-order valence-electron chi connectivity index (χ0n) is 9.74. The second-order valence-electron chi connectivity index (χ2n) is 4.64. The topological polar surface area (TPSA) is 85.1 Å². The first-order valence-corrected chi connectivity index (χ1v) is 5.20. The molecule has 1 saturated carbocycles. The number of rotatable bonds is 4. The van der Waals surface area contributed by atoms with Gasteiger partial charge in [-0.3, -0.25) is 0 Å². The van der Waals surface area contributed by atoms with Crippen molar-refractivity contribution in [2.75, 3.05) is 17.9 Å². The third-order valence-electron chi connectivity index (χ3n) is 2.97. The minimum Gasteiger partial charge on any atom is -0.490 e. The first-order chi connectivity index (χ1) is 7.58. The van der Waals surface area contributed by atoms with E-state index in [0.717, 1.165) is 6.42 Å². The monoisotopic (exact) mass is 223 g/mol. The van der Waals surface area contributed by atoms with Crippen LogP contribution >= 0.6 is 0 Å². The molecule has 1 heterocycles. The molecule has 0 amide bonds. The molecule has 0 bridgehead atoms. The van der Waals surface area contributed by atoms with Crippen molar-refractivity contribution in [3.63, 3.8) is 0 Å². The number of anilines is 2. The van der Waals surface area contributed by atoms with Crippen LogP contribution in [0, 0.1) is 5.41 Å². The number of hydrazine groups is 1. The van der Waals surface area contributed by atoms with E-state index in [9.17, 15) is 0 Å². The number of nitrogens with one attached hydrogen (secondary N) is 2. The zero-order valence-corrected chi connectivity index (χ0v) is 9.74. The summed E-state index contributed by atoms with van der Waals surface area (Å²) in [5, 5.41) is 3.33. The molecule has 0 aromatic carbocycles. The van der Waals surface area contributed by atoms with E-state index in [0.29, 0.717) is 28.8 Å². The molecule has 1 aromatic heterocycles. The molecule has 1 aromatic rings. The lowest BCUT2D eigenvalue weighted by Gasteiger charge is -2.13. The van der Waals surface area contributed by atoms with Gasteiger partial charge in [-0.2, -0.15) is 0 Å². The number of nitrogen functional groups attached to an aromatic ring is 1. The van der Waals surface area contributed by atoms with Crippen LogP contribution in [0.25, 0.3) is 0 Å². The average molecular weight is 223 g/mol. The fourth-order valence-corrected chi connectivity index (χ4v) is 1.65. The Bertz CT molecular complexity index is 393. The van der Waals surface area contributed by atoms with Crippen LogP contribution in [0.4, 0.5) is 11.6 Å². The summed E-state index contributed by atoms with van der Waals surface area (Å²) in [7, 11) is 1.57. The second kappa shape index (κ2) is 3.79. The summed E-state index contributed by atoms with van der Waals surface area (Å²) in [6.45, 7) is 4.42. The molecule has 1 fully saturated rings. The first kappa shape index (κ1) is 10.9. The zero-order chi connectivity index (χ0) is 11.8. The maximum absolute atomic E-state index is 5.35. The van der Waals surface area contributed by atoms with Crippen LogP contribution in [0.1, 0.15) is 20.3 Å². The Morgan fingerprint density at radius 2 is 2.06 bits per heavy atom. The number of hydrogen-bond donors (Lipinski definition) is 3. The molecule has 16 heavy (non-hydrogen) atoms. The standard InChI is InChI=1S/C10H17N5O/c1-10(2)4-6(10)14-8-7(16-3)9(15-11)13-5-12-8/h5-6H,4,11H2,1-3H3,(H2,12,13,14,15). The Kier molecular flexibility index (Phi) is 2.59. The number of aromatic nitrogens is 2. The molecule has 6 heteroatoms. The SMILES string of the molecule is COc1c(NN)ncnc1NC1CC1(C)C. The van der Waals surface area contributed by atoms with E-state index in [-0.39, 0.29) is 0 Å². The molecule has 1 aliphatic carbocycles. The summed E-state index contributed by atoms with van der Waals surface area (Å²) in [6, 6.07) is 0.432. The van der Waals surface area contributed by atoms with Crippen LogP contribution in [0.5, 0.6) is 5.75 Å². The molecule has 1 unspecified atom stereocenters. The van der Waals surface area contributed by atoms with Gasteiger partial charge in [0.2, 0.25) is 5.75 Å². The predicted octanol–water partition coefficient (Wildman–Crippen LogP) is 0.981. The van der Waals surface area contributed by atoms with Crippen LogP contribution in [0.2, 0.25) is 0 Å². The Morgan fingerprint density at radius 1 is 1.44 bits per heavy atom. The fraction of sp³-hybridized carbons (Fsp3) is 0.600. The number of ether oxygens (including phenoxy) is 1. The molecule has 1 atom stereocenters. The van der Waals surface area contributed by atoms with E-state index in [1.165, 1.54) is 6.33 Å². The minimum absolute atomic E-state index is 0.326. The molecule has 0 spiro atoms. The number of nitrogens with zero attached hydrogens (tertiary/aromatic N) is 2. The van der Waals surface area contributed by atoms with Crippen molar-refractivity contribution >= 4 is 11.6 Å². The van der Waals surface area contributed by atoms with Crippen molar-refractivity contribution in [3.8, 4) is 5.75 Å².